The standard InChI is InChI=1S/C17H25N3O2.HI/c18-17(19-9-5-13-6-10-21-11-7-13)20-15-8-12-22-16-4-2-1-3-14(15)16;/h1-4,13,15H,5-12H2,(H3,18,19,20);1H. The van der Waals surface area contributed by atoms with Crippen LogP contribution in [0.2, 0.25) is 0 Å². The average Bonchev–Trinajstić information content (AvgIpc) is 2.56. The largest absolute Gasteiger partial charge is 0.493 e. The number of fused-ring (bicyclic) bond motifs is 1. The average molecular weight is 431 g/mol. The molecule has 23 heavy (non-hydrogen) atoms. The van der Waals surface area contributed by atoms with Gasteiger partial charge in [-0.3, -0.25) is 4.99 Å². The van der Waals surface area contributed by atoms with Gasteiger partial charge in [-0.1, -0.05) is 18.2 Å². The Kier molecular flexibility index (Phi) is 7.42. The molecule has 0 aromatic heterocycles. The van der Waals surface area contributed by atoms with Crippen molar-refractivity contribution in [1.82, 2.24) is 5.32 Å². The third kappa shape index (κ3) is 5.24. The molecule has 128 valence electrons. The van der Waals surface area contributed by atoms with Crippen LogP contribution in [0.4, 0.5) is 0 Å². The van der Waals surface area contributed by atoms with Gasteiger partial charge in [0, 0.05) is 31.7 Å². The number of benzene rings is 1. The molecule has 0 spiro atoms. The Bertz CT molecular complexity index is 518. The summed E-state index contributed by atoms with van der Waals surface area (Å²) in [6, 6.07) is 8.30. The van der Waals surface area contributed by atoms with Crippen LogP contribution in [0.25, 0.3) is 0 Å². The number of hydrogen-bond acceptors (Lipinski definition) is 3. The Morgan fingerprint density at radius 3 is 2.78 bits per heavy atom. The van der Waals surface area contributed by atoms with E-state index in [1.807, 2.05) is 18.2 Å². The minimum absolute atomic E-state index is 0. The highest BCUT2D eigenvalue weighted by Crippen LogP contribution is 2.31. The Labute approximate surface area is 155 Å². The van der Waals surface area contributed by atoms with Crippen molar-refractivity contribution in [3.8, 4) is 5.75 Å². The van der Waals surface area contributed by atoms with Crippen LogP contribution < -0.4 is 15.8 Å². The lowest BCUT2D eigenvalue weighted by Crippen LogP contribution is -2.37. The quantitative estimate of drug-likeness (QED) is 0.437. The van der Waals surface area contributed by atoms with Crippen LogP contribution in [0.15, 0.2) is 29.3 Å². The third-order valence-corrected chi connectivity index (χ3v) is 4.44. The van der Waals surface area contributed by atoms with E-state index in [0.717, 1.165) is 62.7 Å². The number of nitrogens with zero attached hydrogens (tertiary/aromatic N) is 1. The van der Waals surface area contributed by atoms with Crippen molar-refractivity contribution in [2.24, 2.45) is 16.6 Å². The van der Waals surface area contributed by atoms with Gasteiger partial charge in [0.25, 0.3) is 0 Å². The first-order valence-corrected chi connectivity index (χ1v) is 8.19. The summed E-state index contributed by atoms with van der Waals surface area (Å²) in [7, 11) is 0. The molecule has 0 amide bonds. The molecule has 2 heterocycles. The fourth-order valence-corrected chi connectivity index (χ4v) is 3.12. The van der Waals surface area contributed by atoms with Crippen molar-refractivity contribution in [3.05, 3.63) is 29.8 Å². The molecule has 3 N–H and O–H groups in total. The van der Waals surface area contributed by atoms with E-state index in [0.29, 0.717) is 12.6 Å². The lowest BCUT2D eigenvalue weighted by molar-refractivity contribution is 0.0647. The first-order valence-electron chi connectivity index (χ1n) is 8.19. The maximum absolute atomic E-state index is 6.05. The minimum Gasteiger partial charge on any atom is -0.493 e. The summed E-state index contributed by atoms with van der Waals surface area (Å²) in [5.74, 6) is 2.21. The van der Waals surface area contributed by atoms with E-state index in [-0.39, 0.29) is 30.0 Å². The molecule has 0 aliphatic carbocycles. The van der Waals surface area contributed by atoms with Crippen molar-refractivity contribution in [2.75, 3.05) is 26.4 Å². The second-order valence-corrected chi connectivity index (χ2v) is 5.98. The summed E-state index contributed by atoms with van der Waals surface area (Å²) in [6.45, 7) is 3.28. The molecule has 1 atom stereocenters. The van der Waals surface area contributed by atoms with Crippen LogP contribution >= 0.6 is 24.0 Å². The van der Waals surface area contributed by atoms with Crippen LogP contribution in [0.5, 0.6) is 5.75 Å². The Balaban J connectivity index is 0.00000192. The molecular formula is C17H26IN3O2. The maximum atomic E-state index is 6.05. The van der Waals surface area contributed by atoms with Gasteiger partial charge in [0.05, 0.1) is 12.6 Å². The molecule has 3 rings (SSSR count). The highest BCUT2D eigenvalue weighted by molar-refractivity contribution is 14.0. The summed E-state index contributed by atoms with van der Waals surface area (Å²) in [6.07, 6.45) is 4.30. The molecule has 2 aliphatic heterocycles. The van der Waals surface area contributed by atoms with Crippen LogP contribution in [0, 0.1) is 5.92 Å². The molecule has 1 fully saturated rings. The van der Waals surface area contributed by atoms with E-state index >= 15 is 0 Å². The monoisotopic (exact) mass is 431 g/mol. The van der Waals surface area contributed by atoms with Crippen LogP contribution in [0.3, 0.4) is 0 Å². The topological polar surface area (TPSA) is 68.9 Å². The first-order chi connectivity index (χ1) is 10.8. The first kappa shape index (κ1) is 18.3. The molecule has 1 aromatic carbocycles. The zero-order chi connectivity index (χ0) is 15.2. The van der Waals surface area contributed by atoms with Gasteiger partial charge < -0.3 is 20.5 Å². The number of ether oxygens (including phenoxy) is 2. The summed E-state index contributed by atoms with van der Waals surface area (Å²) in [5, 5.41) is 3.34. The molecular weight excluding hydrogens is 405 g/mol. The van der Waals surface area contributed by atoms with Gasteiger partial charge in [0.2, 0.25) is 0 Å². The van der Waals surface area contributed by atoms with Crippen molar-refractivity contribution in [2.45, 2.75) is 31.7 Å². The summed E-state index contributed by atoms with van der Waals surface area (Å²) < 4.78 is 11.0. The highest BCUT2D eigenvalue weighted by Gasteiger charge is 2.21. The second-order valence-electron chi connectivity index (χ2n) is 5.98. The lowest BCUT2D eigenvalue weighted by atomic mass is 9.97. The fourth-order valence-electron chi connectivity index (χ4n) is 3.12. The Morgan fingerprint density at radius 1 is 1.17 bits per heavy atom. The fraction of sp³-hybridized carbons (Fsp3) is 0.588. The van der Waals surface area contributed by atoms with E-state index < -0.39 is 0 Å². The Morgan fingerprint density at radius 2 is 1.96 bits per heavy atom. The van der Waals surface area contributed by atoms with Gasteiger partial charge in [-0.05, 0) is 31.2 Å². The van der Waals surface area contributed by atoms with E-state index in [1.165, 1.54) is 0 Å². The van der Waals surface area contributed by atoms with Gasteiger partial charge in [0.15, 0.2) is 5.96 Å². The molecule has 2 aliphatic rings. The highest BCUT2D eigenvalue weighted by atomic mass is 127. The number of halogens is 1. The van der Waals surface area contributed by atoms with Crippen molar-refractivity contribution in [3.63, 3.8) is 0 Å². The van der Waals surface area contributed by atoms with E-state index in [9.17, 15) is 0 Å². The van der Waals surface area contributed by atoms with Gasteiger partial charge in [0.1, 0.15) is 5.75 Å². The molecule has 1 unspecified atom stereocenters. The number of guanidine groups is 1. The van der Waals surface area contributed by atoms with Crippen molar-refractivity contribution >= 4 is 29.9 Å². The third-order valence-electron chi connectivity index (χ3n) is 4.44. The molecule has 0 bridgehead atoms. The van der Waals surface area contributed by atoms with E-state index in [1.54, 1.807) is 0 Å². The number of nitrogens with one attached hydrogen (secondary N) is 1. The molecule has 0 saturated carbocycles. The van der Waals surface area contributed by atoms with Crippen LogP contribution in [-0.4, -0.2) is 32.3 Å². The molecule has 1 aromatic rings. The number of rotatable bonds is 4. The lowest BCUT2D eigenvalue weighted by Gasteiger charge is -2.27. The van der Waals surface area contributed by atoms with Crippen molar-refractivity contribution < 1.29 is 9.47 Å². The molecule has 0 radical (unpaired) electrons. The van der Waals surface area contributed by atoms with E-state index in [2.05, 4.69) is 16.4 Å². The summed E-state index contributed by atoms with van der Waals surface area (Å²) in [5.41, 5.74) is 7.21. The molecule has 5 nitrogen and oxygen atoms in total. The smallest absolute Gasteiger partial charge is 0.189 e. The maximum Gasteiger partial charge on any atom is 0.189 e. The Hall–Kier alpha value is -1.02. The summed E-state index contributed by atoms with van der Waals surface area (Å²) >= 11 is 0. The number of nitrogens with two attached hydrogens (primary N) is 1. The van der Waals surface area contributed by atoms with Gasteiger partial charge in [-0.15, -0.1) is 24.0 Å². The van der Waals surface area contributed by atoms with Gasteiger partial charge >= 0.3 is 0 Å². The predicted octanol–water partition coefficient (Wildman–Crippen LogP) is 2.85. The number of para-hydroxylation sites is 1. The zero-order valence-corrected chi connectivity index (χ0v) is 15.7. The minimum atomic E-state index is 0. The normalized spacial score (nSPS) is 21.7. The molecule has 6 heteroatoms. The zero-order valence-electron chi connectivity index (χ0n) is 13.4. The van der Waals surface area contributed by atoms with Crippen LogP contribution in [0.1, 0.15) is 37.3 Å². The van der Waals surface area contributed by atoms with Gasteiger partial charge in [-0.2, -0.15) is 0 Å². The SMILES string of the molecule is I.NC(=NCCC1CCOCC1)NC1CCOc2ccccc21. The molecule has 1 saturated heterocycles. The second kappa shape index (κ2) is 9.32. The number of hydrogen-bond donors (Lipinski definition) is 2. The van der Waals surface area contributed by atoms with Gasteiger partial charge in [-0.25, -0.2) is 0 Å². The van der Waals surface area contributed by atoms with E-state index in [4.69, 9.17) is 15.2 Å². The predicted molar refractivity (Wildman–Crippen MR) is 102 cm³/mol. The number of aliphatic imine (C=N–C) groups is 1. The summed E-state index contributed by atoms with van der Waals surface area (Å²) in [4.78, 5) is 4.49. The van der Waals surface area contributed by atoms with Crippen molar-refractivity contribution in [1.29, 1.82) is 0 Å². The van der Waals surface area contributed by atoms with Crippen LogP contribution in [-0.2, 0) is 4.74 Å².